The van der Waals surface area contributed by atoms with Gasteiger partial charge in [-0.15, -0.1) is 11.8 Å². The van der Waals surface area contributed by atoms with Gasteiger partial charge in [-0.1, -0.05) is 60.5 Å². The zero-order valence-electron chi connectivity index (χ0n) is 16.7. The zero-order valence-corrected chi connectivity index (χ0v) is 19.0. The third-order valence-electron chi connectivity index (χ3n) is 4.40. The summed E-state index contributed by atoms with van der Waals surface area (Å²) in [5.41, 5.74) is 1.87. The molecule has 2 aromatic carbocycles. The Morgan fingerprint density at radius 3 is 2.59 bits per heavy atom. The van der Waals surface area contributed by atoms with Crippen LogP contribution in [0, 0.1) is 0 Å². The molecule has 156 valence electrons. The molecule has 2 amide bonds. The van der Waals surface area contributed by atoms with Crippen molar-refractivity contribution in [2.24, 2.45) is 0 Å². The van der Waals surface area contributed by atoms with E-state index >= 15 is 0 Å². The molecule has 2 aromatic rings. The van der Waals surface area contributed by atoms with Gasteiger partial charge in [0.1, 0.15) is 6.04 Å². The Morgan fingerprint density at radius 1 is 1.14 bits per heavy atom. The van der Waals surface area contributed by atoms with Gasteiger partial charge in [0.25, 0.3) is 0 Å². The molecule has 0 aliphatic heterocycles. The van der Waals surface area contributed by atoms with Crippen LogP contribution < -0.4 is 5.32 Å². The lowest BCUT2D eigenvalue weighted by molar-refractivity contribution is -0.138. The fourth-order valence-corrected chi connectivity index (χ4v) is 4.02. The van der Waals surface area contributed by atoms with E-state index < -0.39 is 6.04 Å². The Hall–Kier alpha value is -1.69. The fraction of sp³-hybridized carbons (Fsp3) is 0.364. The van der Waals surface area contributed by atoms with E-state index in [9.17, 15) is 9.59 Å². The maximum Gasteiger partial charge on any atom is 0.242 e. The molecule has 1 atom stereocenters. The molecule has 0 spiro atoms. The van der Waals surface area contributed by atoms with Crippen LogP contribution in [0.2, 0.25) is 10.0 Å². The SMILES string of the molecule is CCCNC(=O)C(C)N(Cc1ccccc1Cl)C(=O)CSCc1cccc(Cl)c1. The van der Waals surface area contributed by atoms with Crippen LogP contribution in [-0.2, 0) is 21.9 Å². The summed E-state index contributed by atoms with van der Waals surface area (Å²) in [5, 5.41) is 4.13. The average molecular weight is 453 g/mol. The predicted octanol–water partition coefficient (Wildman–Crippen LogP) is 5.17. The van der Waals surface area contributed by atoms with E-state index in [4.69, 9.17) is 23.2 Å². The minimum absolute atomic E-state index is 0.101. The van der Waals surface area contributed by atoms with Gasteiger partial charge in [-0.2, -0.15) is 0 Å². The van der Waals surface area contributed by atoms with Crippen LogP contribution in [0.25, 0.3) is 0 Å². The third kappa shape index (κ3) is 7.57. The number of hydrogen-bond donors (Lipinski definition) is 1. The van der Waals surface area contributed by atoms with Gasteiger partial charge in [-0.25, -0.2) is 0 Å². The molecule has 0 fully saturated rings. The molecule has 29 heavy (non-hydrogen) atoms. The smallest absolute Gasteiger partial charge is 0.242 e. The van der Waals surface area contributed by atoms with E-state index in [1.54, 1.807) is 17.9 Å². The second kappa shape index (κ2) is 12.1. The minimum Gasteiger partial charge on any atom is -0.354 e. The maximum atomic E-state index is 13.0. The highest BCUT2D eigenvalue weighted by Crippen LogP contribution is 2.21. The van der Waals surface area contributed by atoms with Crippen LogP contribution in [0.1, 0.15) is 31.4 Å². The van der Waals surface area contributed by atoms with Gasteiger partial charge in [-0.3, -0.25) is 9.59 Å². The van der Waals surface area contributed by atoms with Crippen molar-refractivity contribution >= 4 is 46.8 Å². The molecule has 0 bridgehead atoms. The molecule has 2 rings (SSSR count). The number of nitrogens with zero attached hydrogens (tertiary/aromatic N) is 1. The third-order valence-corrected chi connectivity index (χ3v) is 5.99. The summed E-state index contributed by atoms with van der Waals surface area (Å²) >= 11 is 13.8. The number of hydrogen-bond acceptors (Lipinski definition) is 3. The summed E-state index contributed by atoms with van der Waals surface area (Å²) in [5.74, 6) is 0.675. The van der Waals surface area contributed by atoms with Gasteiger partial charge >= 0.3 is 0 Å². The highest BCUT2D eigenvalue weighted by atomic mass is 35.5. The van der Waals surface area contributed by atoms with Crippen molar-refractivity contribution in [2.45, 2.75) is 38.6 Å². The first-order chi connectivity index (χ1) is 13.9. The van der Waals surface area contributed by atoms with E-state index in [-0.39, 0.29) is 24.1 Å². The van der Waals surface area contributed by atoms with Gasteiger partial charge in [-0.05, 0) is 42.7 Å². The largest absolute Gasteiger partial charge is 0.354 e. The summed E-state index contributed by atoms with van der Waals surface area (Å²) in [6.45, 7) is 4.61. The highest BCUT2D eigenvalue weighted by Gasteiger charge is 2.26. The van der Waals surface area contributed by atoms with Crippen molar-refractivity contribution < 1.29 is 9.59 Å². The van der Waals surface area contributed by atoms with E-state index in [0.717, 1.165) is 17.5 Å². The maximum absolute atomic E-state index is 13.0. The summed E-state index contributed by atoms with van der Waals surface area (Å²) in [6.07, 6.45) is 0.840. The number of benzene rings is 2. The summed E-state index contributed by atoms with van der Waals surface area (Å²) < 4.78 is 0. The Labute approximate surface area is 187 Å². The molecular weight excluding hydrogens is 427 g/mol. The number of carbonyl (C=O) groups excluding carboxylic acids is 2. The standard InChI is InChI=1S/C22H26Cl2N2O2S/c1-3-11-25-22(28)16(2)26(13-18-8-4-5-10-20(18)24)21(27)15-29-14-17-7-6-9-19(23)12-17/h4-10,12,16H,3,11,13-15H2,1-2H3,(H,25,28). The van der Waals surface area contributed by atoms with E-state index in [2.05, 4.69) is 5.32 Å². The summed E-state index contributed by atoms with van der Waals surface area (Å²) in [6, 6.07) is 14.4. The Kier molecular flexibility index (Phi) is 9.85. The van der Waals surface area contributed by atoms with Gasteiger partial charge < -0.3 is 10.2 Å². The number of rotatable bonds is 10. The van der Waals surface area contributed by atoms with Gasteiger partial charge in [0.05, 0.1) is 5.75 Å². The quantitative estimate of drug-likeness (QED) is 0.540. The van der Waals surface area contributed by atoms with Crippen molar-refractivity contribution in [2.75, 3.05) is 12.3 Å². The number of carbonyl (C=O) groups is 2. The highest BCUT2D eigenvalue weighted by molar-refractivity contribution is 7.99. The Morgan fingerprint density at radius 2 is 1.90 bits per heavy atom. The summed E-state index contributed by atoms with van der Waals surface area (Å²) in [7, 11) is 0. The second-order valence-corrected chi connectivity index (χ2v) is 8.53. The van der Waals surface area contributed by atoms with Crippen molar-refractivity contribution in [1.29, 1.82) is 0 Å². The molecular formula is C22H26Cl2N2O2S. The van der Waals surface area contributed by atoms with Gasteiger partial charge in [0.15, 0.2) is 0 Å². The second-order valence-electron chi connectivity index (χ2n) is 6.70. The normalized spacial score (nSPS) is 11.7. The molecule has 0 aliphatic rings. The molecule has 1 N–H and O–H groups in total. The first kappa shape index (κ1) is 23.6. The lowest BCUT2D eigenvalue weighted by atomic mass is 10.1. The Bertz CT molecular complexity index is 832. The molecule has 0 aromatic heterocycles. The van der Waals surface area contributed by atoms with Crippen molar-refractivity contribution in [3.63, 3.8) is 0 Å². The van der Waals surface area contributed by atoms with Gasteiger partial charge in [0.2, 0.25) is 11.8 Å². The average Bonchev–Trinajstić information content (AvgIpc) is 2.71. The zero-order chi connectivity index (χ0) is 21.2. The van der Waals surface area contributed by atoms with E-state index in [1.807, 2.05) is 49.4 Å². The molecule has 7 heteroatoms. The van der Waals surface area contributed by atoms with Crippen molar-refractivity contribution in [3.05, 3.63) is 69.7 Å². The van der Waals surface area contributed by atoms with Crippen LogP contribution in [0.5, 0.6) is 0 Å². The predicted molar refractivity (Wildman–Crippen MR) is 122 cm³/mol. The minimum atomic E-state index is -0.586. The molecule has 0 saturated heterocycles. The molecule has 0 aliphatic carbocycles. The summed E-state index contributed by atoms with van der Waals surface area (Å²) in [4.78, 5) is 27.1. The number of halogens is 2. The van der Waals surface area contributed by atoms with Crippen LogP contribution in [0.3, 0.4) is 0 Å². The van der Waals surface area contributed by atoms with Gasteiger partial charge in [0, 0.05) is 28.9 Å². The molecule has 0 heterocycles. The molecule has 1 unspecified atom stereocenters. The molecule has 0 radical (unpaired) electrons. The Balaban J connectivity index is 2.07. The first-order valence-electron chi connectivity index (χ1n) is 9.55. The monoisotopic (exact) mass is 452 g/mol. The number of amides is 2. The number of nitrogens with one attached hydrogen (secondary N) is 1. The van der Waals surface area contributed by atoms with Crippen LogP contribution >= 0.6 is 35.0 Å². The van der Waals surface area contributed by atoms with E-state index in [0.29, 0.717) is 22.3 Å². The lowest BCUT2D eigenvalue weighted by Crippen LogP contribution is -2.48. The number of thioether (sulfide) groups is 1. The van der Waals surface area contributed by atoms with Crippen LogP contribution in [0.4, 0.5) is 0 Å². The van der Waals surface area contributed by atoms with Crippen molar-refractivity contribution in [1.82, 2.24) is 10.2 Å². The first-order valence-corrected chi connectivity index (χ1v) is 11.5. The van der Waals surface area contributed by atoms with E-state index in [1.165, 1.54) is 11.8 Å². The molecule has 0 saturated carbocycles. The molecule has 4 nitrogen and oxygen atoms in total. The van der Waals surface area contributed by atoms with Crippen LogP contribution in [-0.4, -0.2) is 35.1 Å². The fourth-order valence-electron chi connectivity index (χ4n) is 2.75. The van der Waals surface area contributed by atoms with Crippen LogP contribution in [0.15, 0.2) is 48.5 Å². The lowest BCUT2D eigenvalue weighted by Gasteiger charge is -2.29. The topological polar surface area (TPSA) is 49.4 Å². The van der Waals surface area contributed by atoms with Crippen molar-refractivity contribution in [3.8, 4) is 0 Å².